The van der Waals surface area contributed by atoms with Gasteiger partial charge in [-0.3, -0.25) is 19.7 Å². The van der Waals surface area contributed by atoms with E-state index < -0.39 is 10.7 Å². The molecular weight excluding hydrogens is 374 g/mol. The molecule has 3 rings (SSSR count). The fraction of sp³-hybridized carbons (Fsp3) is 0.150. The van der Waals surface area contributed by atoms with Gasteiger partial charge in [0.2, 0.25) is 11.7 Å². The molecule has 9 heteroatoms. The van der Waals surface area contributed by atoms with Crippen LogP contribution in [0.15, 0.2) is 54.9 Å². The molecule has 0 atom stereocenters. The van der Waals surface area contributed by atoms with Crippen molar-refractivity contribution < 1.29 is 14.5 Å². The monoisotopic (exact) mass is 393 g/mol. The van der Waals surface area contributed by atoms with Crippen molar-refractivity contribution in [3.63, 3.8) is 0 Å². The van der Waals surface area contributed by atoms with Gasteiger partial charge in [0.1, 0.15) is 5.69 Å². The van der Waals surface area contributed by atoms with Gasteiger partial charge in [-0.2, -0.15) is 0 Å². The third kappa shape index (κ3) is 4.13. The van der Waals surface area contributed by atoms with Crippen molar-refractivity contribution in [2.75, 3.05) is 17.3 Å². The van der Waals surface area contributed by atoms with Crippen LogP contribution in [0.2, 0.25) is 0 Å². The topological polar surface area (TPSA) is 110 Å². The fourth-order valence-corrected chi connectivity index (χ4v) is 2.75. The van der Waals surface area contributed by atoms with E-state index in [-0.39, 0.29) is 28.7 Å². The minimum absolute atomic E-state index is 0.102. The number of nitro groups is 1. The summed E-state index contributed by atoms with van der Waals surface area (Å²) in [6, 6.07) is 11.1. The summed E-state index contributed by atoms with van der Waals surface area (Å²) in [5, 5.41) is 14.5. The van der Waals surface area contributed by atoms with E-state index in [9.17, 15) is 19.7 Å². The van der Waals surface area contributed by atoms with Crippen LogP contribution < -0.4 is 10.2 Å². The quantitative estimate of drug-likeness (QED) is 0.391. The van der Waals surface area contributed by atoms with Crippen LogP contribution in [0.5, 0.6) is 0 Å². The predicted octanol–water partition coefficient (Wildman–Crippen LogP) is 3.29. The minimum Gasteiger partial charge on any atom is -0.350 e. The molecule has 9 nitrogen and oxygen atoms in total. The fourth-order valence-electron chi connectivity index (χ4n) is 2.75. The maximum absolute atomic E-state index is 12.6. The Morgan fingerprint density at radius 2 is 1.86 bits per heavy atom. The van der Waals surface area contributed by atoms with E-state index in [1.165, 1.54) is 36.2 Å². The summed E-state index contributed by atoms with van der Waals surface area (Å²) in [6.45, 7) is 1.46. The van der Waals surface area contributed by atoms with E-state index in [4.69, 9.17) is 0 Å². The molecule has 0 saturated carbocycles. The van der Waals surface area contributed by atoms with Gasteiger partial charge in [0, 0.05) is 56.4 Å². The molecule has 0 bridgehead atoms. The summed E-state index contributed by atoms with van der Waals surface area (Å²) >= 11 is 0. The van der Waals surface area contributed by atoms with Gasteiger partial charge in [-0.05, 0) is 36.4 Å². The second-order valence-electron chi connectivity index (χ2n) is 6.43. The van der Waals surface area contributed by atoms with Gasteiger partial charge in [-0.25, -0.2) is 4.98 Å². The summed E-state index contributed by atoms with van der Waals surface area (Å²) in [7, 11) is 3.34. The third-order valence-electron chi connectivity index (χ3n) is 4.49. The van der Waals surface area contributed by atoms with Crippen LogP contribution in [-0.2, 0) is 11.8 Å². The van der Waals surface area contributed by atoms with E-state index in [2.05, 4.69) is 10.3 Å². The Morgan fingerprint density at radius 3 is 2.41 bits per heavy atom. The lowest BCUT2D eigenvalue weighted by atomic mass is 10.1. The number of benzene rings is 2. The van der Waals surface area contributed by atoms with E-state index in [1.807, 2.05) is 0 Å². The van der Waals surface area contributed by atoms with Crippen molar-refractivity contribution in [3.05, 3.63) is 76.4 Å². The van der Waals surface area contributed by atoms with Gasteiger partial charge in [-0.1, -0.05) is 0 Å². The smallest absolute Gasteiger partial charge is 0.293 e. The largest absolute Gasteiger partial charge is 0.350 e. The third-order valence-corrected chi connectivity index (χ3v) is 4.49. The van der Waals surface area contributed by atoms with Crippen LogP contribution in [0.3, 0.4) is 0 Å². The van der Waals surface area contributed by atoms with Crippen molar-refractivity contribution in [3.8, 4) is 0 Å². The molecule has 0 aliphatic carbocycles. The number of nitro benzene ring substituents is 1. The summed E-state index contributed by atoms with van der Waals surface area (Å²) in [6.07, 6.45) is 3.12. The molecule has 1 N–H and O–H groups in total. The SMILES string of the molecule is CC(=O)N(C)c1ccc(Nc2ccc(C(=O)c3nccn3C)cc2[N+](=O)[O-])cc1. The van der Waals surface area contributed by atoms with Crippen molar-refractivity contribution >= 4 is 34.4 Å². The van der Waals surface area contributed by atoms with E-state index in [0.29, 0.717) is 11.4 Å². The lowest BCUT2D eigenvalue weighted by Gasteiger charge is -2.15. The molecule has 0 fully saturated rings. The molecule has 29 heavy (non-hydrogen) atoms. The number of aromatic nitrogens is 2. The standard InChI is InChI=1S/C20H19N5O4/c1-13(26)24(3)16-7-5-15(6-8-16)22-17-9-4-14(12-18(17)25(28)29)19(27)20-21-10-11-23(20)2/h4-12,22H,1-3H3. The zero-order chi connectivity index (χ0) is 21.1. The molecule has 2 aromatic carbocycles. The Morgan fingerprint density at radius 1 is 1.17 bits per heavy atom. The van der Waals surface area contributed by atoms with Gasteiger partial charge >= 0.3 is 0 Å². The Balaban J connectivity index is 1.88. The number of rotatable bonds is 6. The number of anilines is 3. The van der Waals surface area contributed by atoms with E-state index in [1.54, 1.807) is 49.1 Å². The summed E-state index contributed by atoms with van der Waals surface area (Å²) in [5.41, 5.74) is 1.51. The molecule has 1 aromatic heterocycles. The van der Waals surface area contributed by atoms with Crippen LogP contribution in [0.1, 0.15) is 23.1 Å². The number of amides is 1. The van der Waals surface area contributed by atoms with Crippen LogP contribution in [-0.4, -0.2) is 33.2 Å². The highest BCUT2D eigenvalue weighted by Crippen LogP contribution is 2.30. The van der Waals surface area contributed by atoms with Crippen LogP contribution in [0.25, 0.3) is 0 Å². The number of imidazole rings is 1. The number of carbonyl (C=O) groups excluding carboxylic acids is 2. The molecule has 0 aliphatic heterocycles. The highest BCUT2D eigenvalue weighted by atomic mass is 16.6. The van der Waals surface area contributed by atoms with Gasteiger partial charge in [0.25, 0.3) is 5.69 Å². The highest BCUT2D eigenvalue weighted by Gasteiger charge is 2.20. The average molecular weight is 393 g/mol. The maximum Gasteiger partial charge on any atom is 0.293 e. The highest BCUT2D eigenvalue weighted by molar-refractivity contribution is 6.07. The molecule has 0 radical (unpaired) electrons. The van der Waals surface area contributed by atoms with Gasteiger partial charge < -0.3 is 14.8 Å². The van der Waals surface area contributed by atoms with Gasteiger partial charge in [0.05, 0.1) is 4.92 Å². The number of ketones is 1. The van der Waals surface area contributed by atoms with E-state index in [0.717, 1.165) is 0 Å². The number of hydrogen-bond acceptors (Lipinski definition) is 6. The first-order valence-electron chi connectivity index (χ1n) is 8.69. The Kier molecular flexibility index (Phi) is 5.40. The first kappa shape index (κ1) is 19.7. The molecule has 1 heterocycles. The second kappa shape index (κ2) is 7.93. The summed E-state index contributed by atoms with van der Waals surface area (Å²) in [5.74, 6) is -0.303. The molecule has 0 saturated heterocycles. The number of carbonyl (C=O) groups is 2. The number of hydrogen-bond donors (Lipinski definition) is 1. The van der Waals surface area contributed by atoms with Crippen LogP contribution in [0, 0.1) is 10.1 Å². The first-order chi connectivity index (χ1) is 13.8. The van der Waals surface area contributed by atoms with Gasteiger partial charge in [0.15, 0.2) is 5.82 Å². The molecule has 0 unspecified atom stereocenters. The summed E-state index contributed by atoms with van der Waals surface area (Å²) < 4.78 is 1.56. The predicted molar refractivity (Wildman–Crippen MR) is 109 cm³/mol. The normalized spacial score (nSPS) is 10.4. The summed E-state index contributed by atoms with van der Waals surface area (Å²) in [4.78, 5) is 40.5. The lowest BCUT2D eigenvalue weighted by molar-refractivity contribution is -0.383. The number of nitrogens with one attached hydrogen (secondary N) is 1. The molecular formula is C20H19N5O4. The van der Waals surface area contributed by atoms with Crippen LogP contribution in [0.4, 0.5) is 22.7 Å². The lowest BCUT2D eigenvalue weighted by Crippen LogP contribution is -2.22. The molecule has 148 valence electrons. The molecule has 0 aliphatic rings. The van der Waals surface area contributed by atoms with Crippen LogP contribution >= 0.6 is 0 Å². The Bertz CT molecular complexity index is 1090. The first-order valence-corrected chi connectivity index (χ1v) is 8.69. The molecule has 1 amide bonds. The van der Waals surface area contributed by atoms with Crippen molar-refractivity contribution in [2.24, 2.45) is 7.05 Å². The van der Waals surface area contributed by atoms with Crippen molar-refractivity contribution in [1.82, 2.24) is 9.55 Å². The minimum atomic E-state index is -0.546. The average Bonchev–Trinajstić information content (AvgIpc) is 3.13. The Labute approximate surface area is 166 Å². The Hall–Kier alpha value is -4.01. The molecule has 3 aromatic rings. The maximum atomic E-state index is 12.6. The van der Waals surface area contributed by atoms with Crippen molar-refractivity contribution in [1.29, 1.82) is 0 Å². The van der Waals surface area contributed by atoms with E-state index >= 15 is 0 Å². The number of nitrogens with zero attached hydrogens (tertiary/aromatic N) is 4. The van der Waals surface area contributed by atoms with Crippen molar-refractivity contribution in [2.45, 2.75) is 6.92 Å². The second-order valence-corrected chi connectivity index (χ2v) is 6.43. The number of aryl methyl sites for hydroxylation is 1. The zero-order valence-electron chi connectivity index (χ0n) is 16.1. The molecule has 0 spiro atoms. The zero-order valence-corrected chi connectivity index (χ0v) is 16.1. The van der Waals surface area contributed by atoms with Gasteiger partial charge in [-0.15, -0.1) is 0 Å².